The maximum absolute atomic E-state index is 12.8. The third-order valence-corrected chi connectivity index (χ3v) is 6.47. The number of carbonyl (C=O) groups is 2. The standard InChI is InChI=1S/C31H38N4O3/c1-30(2,3)24-8-7-9-25(20-24)33-28(36)23-12-15-27(32-21-23)35-18-16-34(17-19-35)26-13-10-22(11-14-26)29(37)38-31(4,5)6/h7-15,20-21H,16-19H2,1-6H3,(H,33,36). The summed E-state index contributed by atoms with van der Waals surface area (Å²) in [5, 5.41) is 2.99. The molecule has 0 unspecified atom stereocenters. The van der Waals surface area contributed by atoms with Crippen molar-refractivity contribution in [3.05, 3.63) is 83.6 Å². The fraction of sp³-hybridized carbons (Fsp3) is 0.387. The molecule has 2 aromatic carbocycles. The smallest absolute Gasteiger partial charge is 0.338 e. The molecule has 2 heterocycles. The number of aromatic nitrogens is 1. The SMILES string of the molecule is CC(C)(C)OC(=O)c1ccc(N2CCN(c3ccc(C(=O)Nc4cccc(C(C)(C)C)c4)cn3)CC2)cc1. The van der Waals surface area contributed by atoms with Gasteiger partial charge in [-0.3, -0.25) is 4.79 Å². The van der Waals surface area contributed by atoms with Crippen molar-refractivity contribution in [3.63, 3.8) is 0 Å². The summed E-state index contributed by atoms with van der Waals surface area (Å²) in [5.74, 6) is 0.376. The average Bonchev–Trinajstić information content (AvgIpc) is 2.88. The predicted molar refractivity (Wildman–Crippen MR) is 153 cm³/mol. The number of pyridine rings is 1. The van der Waals surface area contributed by atoms with E-state index in [4.69, 9.17) is 4.74 Å². The van der Waals surface area contributed by atoms with E-state index < -0.39 is 5.60 Å². The molecule has 0 saturated carbocycles. The Kier molecular flexibility index (Phi) is 7.76. The fourth-order valence-electron chi connectivity index (χ4n) is 4.31. The highest BCUT2D eigenvalue weighted by molar-refractivity contribution is 6.04. The summed E-state index contributed by atoms with van der Waals surface area (Å²) in [6.45, 7) is 15.3. The van der Waals surface area contributed by atoms with Gasteiger partial charge in [0.15, 0.2) is 0 Å². The number of piperazine rings is 1. The molecule has 38 heavy (non-hydrogen) atoms. The lowest BCUT2D eigenvalue weighted by Crippen LogP contribution is -2.46. The minimum atomic E-state index is -0.514. The summed E-state index contributed by atoms with van der Waals surface area (Å²) in [7, 11) is 0. The number of nitrogens with zero attached hydrogens (tertiary/aromatic N) is 3. The Balaban J connectivity index is 1.32. The second-order valence-electron chi connectivity index (χ2n) is 11.7. The molecule has 4 rings (SSSR count). The number of benzene rings is 2. The first-order chi connectivity index (χ1) is 17.9. The van der Waals surface area contributed by atoms with Crippen LogP contribution >= 0.6 is 0 Å². The van der Waals surface area contributed by atoms with E-state index in [-0.39, 0.29) is 17.3 Å². The van der Waals surface area contributed by atoms with Crippen LogP contribution in [-0.2, 0) is 10.2 Å². The number of esters is 1. The van der Waals surface area contributed by atoms with Gasteiger partial charge in [0.1, 0.15) is 11.4 Å². The Labute approximate surface area is 225 Å². The van der Waals surface area contributed by atoms with Crippen LogP contribution in [0.3, 0.4) is 0 Å². The molecule has 7 nitrogen and oxygen atoms in total. The summed E-state index contributed by atoms with van der Waals surface area (Å²) < 4.78 is 5.45. The highest BCUT2D eigenvalue weighted by atomic mass is 16.6. The molecule has 1 aromatic heterocycles. The zero-order chi connectivity index (χ0) is 27.5. The molecule has 1 amide bonds. The third-order valence-electron chi connectivity index (χ3n) is 6.47. The molecule has 200 valence electrons. The number of amides is 1. The van der Waals surface area contributed by atoms with Crippen LogP contribution in [0.4, 0.5) is 17.2 Å². The Morgan fingerprint density at radius 1 is 0.816 bits per heavy atom. The normalized spacial score (nSPS) is 14.3. The largest absolute Gasteiger partial charge is 0.456 e. The third kappa shape index (κ3) is 6.91. The lowest BCUT2D eigenvalue weighted by molar-refractivity contribution is 0.00694. The number of rotatable bonds is 5. The van der Waals surface area contributed by atoms with Gasteiger partial charge in [0.05, 0.1) is 11.1 Å². The number of hydrogen-bond donors (Lipinski definition) is 1. The van der Waals surface area contributed by atoms with Crippen molar-refractivity contribution < 1.29 is 14.3 Å². The van der Waals surface area contributed by atoms with E-state index in [0.717, 1.165) is 43.4 Å². The van der Waals surface area contributed by atoms with E-state index in [9.17, 15) is 9.59 Å². The molecule has 0 radical (unpaired) electrons. The van der Waals surface area contributed by atoms with Crippen LogP contribution in [0, 0.1) is 0 Å². The molecule has 1 N–H and O–H groups in total. The number of carbonyl (C=O) groups excluding carboxylic acids is 2. The summed E-state index contributed by atoms with van der Waals surface area (Å²) in [6.07, 6.45) is 1.64. The first-order valence-electron chi connectivity index (χ1n) is 13.1. The fourth-order valence-corrected chi connectivity index (χ4v) is 4.31. The van der Waals surface area contributed by atoms with E-state index in [1.54, 1.807) is 6.20 Å². The van der Waals surface area contributed by atoms with E-state index in [0.29, 0.717) is 11.1 Å². The molecule has 0 bridgehead atoms. The summed E-state index contributed by atoms with van der Waals surface area (Å²) in [4.78, 5) is 34.2. The quantitative estimate of drug-likeness (QED) is 0.427. The lowest BCUT2D eigenvalue weighted by Gasteiger charge is -2.36. The Bertz CT molecular complexity index is 1260. The van der Waals surface area contributed by atoms with Crippen LogP contribution in [0.25, 0.3) is 0 Å². The van der Waals surface area contributed by atoms with Crippen molar-refractivity contribution >= 4 is 29.1 Å². The number of ether oxygens (including phenoxy) is 1. The van der Waals surface area contributed by atoms with Crippen LogP contribution in [0.5, 0.6) is 0 Å². The zero-order valence-corrected chi connectivity index (χ0v) is 23.2. The second-order valence-corrected chi connectivity index (χ2v) is 11.7. The van der Waals surface area contributed by atoms with Crippen LogP contribution in [-0.4, -0.2) is 48.6 Å². The van der Waals surface area contributed by atoms with Gasteiger partial charge in [0.25, 0.3) is 5.91 Å². The van der Waals surface area contributed by atoms with Crippen molar-refractivity contribution in [2.75, 3.05) is 41.3 Å². The highest BCUT2D eigenvalue weighted by Crippen LogP contribution is 2.25. The highest BCUT2D eigenvalue weighted by Gasteiger charge is 2.21. The van der Waals surface area contributed by atoms with Crippen LogP contribution in [0.2, 0.25) is 0 Å². The minimum Gasteiger partial charge on any atom is -0.456 e. The van der Waals surface area contributed by atoms with Gasteiger partial charge in [-0.2, -0.15) is 0 Å². The van der Waals surface area contributed by atoms with Gasteiger partial charge < -0.3 is 19.9 Å². The van der Waals surface area contributed by atoms with Gasteiger partial charge in [-0.15, -0.1) is 0 Å². The van der Waals surface area contributed by atoms with Gasteiger partial charge in [-0.25, -0.2) is 9.78 Å². The maximum atomic E-state index is 12.8. The van der Waals surface area contributed by atoms with Gasteiger partial charge >= 0.3 is 5.97 Å². The van der Waals surface area contributed by atoms with E-state index in [1.807, 2.05) is 75.4 Å². The summed E-state index contributed by atoms with van der Waals surface area (Å²) >= 11 is 0. The molecule has 3 aromatic rings. The Morgan fingerprint density at radius 2 is 1.45 bits per heavy atom. The molecule has 1 saturated heterocycles. The molecule has 0 aliphatic carbocycles. The van der Waals surface area contributed by atoms with Crippen LogP contribution < -0.4 is 15.1 Å². The topological polar surface area (TPSA) is 74.8 Å². The van der Waals surface area contributed by atoms with Crippen molar-refractivity contribution in [1.29, 1.82) is 0 Å². The molecule has 7 heteroatoms. The zero-order valence-electron chi connectivity index (χ0n) is 23.2. The maximum Gasteiger partial charge on any atom is 0.338 e. The molecule has 0 spiro atoms. The number of anilines is 3. The molecule has 1 fully saturated rings. The van der Waals surface area contributed by atoms with E-state index >= 15 is 0 Å². The average molecular weight is 515 g/mol. The van der Waals surface area contributed by atoms with E-state index in [2.05, 4.69) is 46.9 Å². The molecular weight excluding hydrogens is 476 g/mol. The van der Waals surface area contributed by atoms with Crippen molar-refractivity contribution in [2.45, 2.75) is 52.6 Å². The first-order valence-corrected chi connectivity index (χ1v) is 13.1. The first kappa shape index (κ1) is 27.2. The van der Waals surface area contributed by atoms with Crippen molar-refractivity contribution in [3.8, 4) is 0 Å². The number of hydrogen-bond acceptors (Lipinski definition) is 6. The molecule has 1 aliphatic rings. The van der Waals surface area contributed by atoms with Gasteiger partial charge in [-0.1, -0.05) is 32.9 Å². The van der Waals surface area contributed by atoms with Crippen LogP contribution in [0.1, 0.15) is 67.8 Å². The lowest BCUT2D eigenvalue weighted by atomic mass is 9.87. The summed E-state index contributed by atoms with van der Waals surface area (Å²) in [6, 6.07) is 19.3. The Hall–Kier alpha value is -3.87. The number of nitrogens with one attached hydrogen (secondary N) is 1. The molecule has 1 aliphatic heterocycles. The van der Waals surface area contributed by atoms with Gasteiger partial charge in [0.2, 0.25) is 0 Å². The Morgan fingerprint density at radius 3 is 2.03 bits per heavy atom. The molecular formula is C31H38N4O3. The van der Waals surface area contributed by atoms with Gasteiger partial charge in [-0.05, 0) is 80.3 Å². The predicted octanol–water partition coefficient (Wildman–Crippen LogP) is 5.91. The van der Waals surface area contributed by atoms with Crippen molar-refractivity contribution in [1.82, 2.24) is 4.98 Å². The second kappa shape index (κ2) is 10.9. The van der Waals surface area contributed by atoms with Crippen LogP contribution in [0.15, 0.2) is 66.9 Å². The summed E-state index contributed by atoms with van der Waals surface area (Å²) in [5.41, 5.74) is 3.60. The van der Waals surface area contributed by atoms with Crippen molar-refractivity contribution in [2.24, 2.45) is 0 Å². The van der Waals surface area contributed by atoms with Gasteiger partial charge in [0, 0.05) is 43.8 Å². The monoisotopic (exact) mass is 514 g/mol. The molecule has 0 atom stereocenters. The minimum absolute atomic E-state index is 0.0114. The van der Waals surface area contributed by atoms with E-state index in [1.165, 1.54) is 5.56 Å².